The molecule has 1 amide bonds. The second-order valence-corrected chi connectivity index (χ2v) is 5.76. The van der Waals surface area contributed by atoms with Crippen molar-refractivity contribution in [3.05, 3.63) is 47.0 Å². The Labute approximate surface area is 132 Å². The number of hydrogen-bond acceptors (Lipinski definition) is 3. The molecule has 4 heteroatoms. The van der Waals surface area contributed by atoms with Gasteiger partial charge in [-0.3, -0.25) is 4.79 Å². The molecule has 120 valence electrons. The smallest absolute Gasteiger partial charge is 0.243 e. The Morgan fingerprint density at radius 1 is 1.45 bits per heavy atom. The van der Waals surface area contributed by atoms with E-state index in [2.05, 4.69) is 37.9 Å². The van der Waals surface area contributed by atoms with Crippen molar-refractivity contribution in [3.8, 4) is 0 Å². The molecule has 1 aromatic carbocycles. The van der Waals surface area contributed by atoms with Crippen molar-refractivity contribution >= 4 is 5.91 Å². The highest BCUT2D eigenvalue weighted by molar-refractivity contribution is 5.86. The second-order valence-electron chi connectivity index (χ2n) is 5.76. The quantitative estimate of drug-likeness (QED) is 0.433. The van der Waals surface area contributed by atoms with Gasteiger partial charge < -0.3 is 14.8 Å². The molecular weight excluding hydrogens is 278 g/mol. The summed E-state index contributed by atoms with van der Waals surface area (Å²) in [6.45, 7) is 10.6. The molecule has 0 bridgehead atoms. The predicted octanol–water partition coefficient (Wildman–Crippen LogP) is 2.45. The molecule has 0 spiro atoms. The topological polar surface area (TPSA) is 50.9 Å². The Balaban J connectivity index is 1.82. The highest BCUT2D eigenvalue weighted by atomic mass is 16.6. The molecule has 0 saturated carbocycles. The van der Waals surface area contributed by atoms with Crippen LogP contribution in [-0.2, 0) is 27.2 Å². The Morgan fingerprint density at radius 3 is 2.73 bits per heavy atom. The van der Waals surface area contributed by atoms with Crippen molar-refractivity contribution in [3.63, 3.8) is 0 Å². The van der Waals surface area contributed by atoms with E-state index < -0.39 is 0 Å². The standard InChI is InChI=1S/C18H25NO3/c1-4-18(20)19-10-15-8-13(2)17(14(3)9-15)6-5-7-21-11-16-12-22-16/h4,8-9,16H,1,5-7,10-12H2,2-3H3,(H,19,20). The van der Waals surface area contributed by atoms with E-state index in [1.807, 2.05) is 0 Å². The SMILES string of the molecule is C=CC(=O)NCc1cc(C)c(CCCOCC2CO2)c(C)c1. The first kappa shape index (κ1) is 16.7. The van der Waals surface area contributed by atoms with Crippen molar-refractivity contribution in [1.29, 1.82) is 0 Å². The fourth-order valence-corrected chi connectivity index (χ4v) is 2.57. The lowest BCUT2D eigenvalue weighted by molar-refractivity contribution is -0.116. The van der Waals surface area contributed by atoms with Gasteiger partial charge in [0.1, 0.15) is 6.10 Å². The molecule has 2 rings (SSSR count). The number of amides is 1. The highest BCUT2D eigenvalue weighted by Gasteiger charge is 2.21. The normalized spacial score (nSPS) is 16.4. The third kappa shape index (κ3) is 5.28. The van der Waals surface area contributed by atoms with Crippen LogP contribution in [0.4, 0.5) is 0 Å². The minimum atomic E-state index is -0.142. The Morgan fingerprint density at radius 2 is 2.14 bits per heavy atom. The molecular formula is C18H25NO3. The molecule has 0 aliphatic carbocycles. The summed E-state index contributed by atoms with van der Waals surface area (Å²) < 4.78 is 10.7. The molecule has 1 atom stereocenters. The number of nitrogens with one attached hydrogen (secondary N) is 1. The fourth-order valence-electron chi connectivity index (χ4n) is 2.57. The average Bonchev–Trinajstić information content (AvgIpc) is 3.31. The maximum Gasteiger partial charge on any atom is 0.243 e. The van der Waals surface area contributed by atoms with Crippen molar-refractivity contribution < 1.29 is 14.3 Å². The van der Waals surface area contributed by atoms with Crippen molar-refractivity contribution in [2.75, 3.05) is 19.8 Å². The van der Waals surface area contributed by atoms with Crippen LogP contribution in [0.15, 0.2) is 24.8 Å². The molecule has 1 aliphatic heterocycles. The summed E-state index contributed by atoms with van der Waals surface area (Å²) in [5.41, 5.74) is 5.04. The third-order valence-electron chi connectivity index (χ3n) is 3.83. The molecule has 22 heavy (non-hydrogen) atoms. The summed E-state index contributed by atoms with van der Waals surface area (Å²) in [4.78, 5) is 11.2. The van der Waals surface area contributed by atoms with Gasteiger partial charge in [-0.1, -0.05) is 18.7 Å². The van der Waals surface area contributed by atoms with Gasteiger partial charge in [-0.15, -0.1) is 0 Å². The van der Waals surface area contributed by atoms with E-state index >= 15 is 0 Å². The molecule has 4 nitrogen and oxygen atoms in total. The molecule has 1 unspecified atom stereocenters. The molecule has 1 saturated heterocycles. The summed E-state index contributed by atoms with van der Waals surface area (Å²) in [6, 6.07) is 4.29. The minimum Gasteiger partial charge on any atom is -0.379 e. The zero-order chi connectivity index (χ0) is 15.9. The summed E-state index contributed by atoms with van der Waals surface area (Å²) >= 11 is 0. The zero-order valence-corrected chi connectivity index (χ0v) is 13.5. The lowest BCUT2D eigenvalue weighted by Gasteiger charge is -2.13. The number of carbonyl (C=O) groups is 1. The summed E-state index contributed by atoms with van der Waals surface area (Å²) in [5.74, 6) is -0.142. The van der Waals surface area contributed by atoms with Crippen LogP contribution >= 0.6 is 0 Å². The van der Waals surface area contributed by atoms with E-state index in [4.69, 9.17) is 9.47 Å². The van der Waals surface area contributed by atoms with E-state index in [1.54, 1.807) is 0 Å². The number of rotatable bonds is 9. The van der Waals surface area contributed by atoms with Gasteiger partial charge in [0.25, 0.3) is 0 Å². The molecule has 0 radical (unpaired) electrons. The first-order chi connectivity index (χ1) is 10.6. The number of carbonyl (C=O) groups excluding carboxylic acids is 1. The van der Waals surface area contributed by atoms with Crippen LogP contribution < -0.4 is 5.32 Å². The molecule has 1 heterocycles. The predicted molar refractivity (Wildman–Crippen MR) is 86.8 cm³/mol. The number of benzene rings is 1. The average molecular weight is 303 g/mol. The largest absolute Gasteiger partial charge is 0.379 e. The summed E-state index contributed by atoms with van der Waals surface area (Å²) in [7, 11) is 0. The maximum atomic E-state index is 11.2. The third-order valence-corrected chi connectivity index (χ3v) is 3.83. The van der Waals surface area contributed by atoms with E-state index in [0.717, 1.165) is 38.2 Å². The van der Waals surface area contributed by atoms with Crippen LogP contribution in [0.5, 0.6) is 0 Å². The van der Waals surface area contributed by atoms with Gasteiger partial charge in [0.2, 0.25) is 5.91 Å². The van der Waals surface area contributed by atoms with E-state index in [9.17, 15) is 4.79 Å². The summed E-state index contributed by atoms with van der Waals surface area (Å²) in [5, 5.41) is 2.81. The van der Waals surface area contributed by atoms with E-state index in [0.29, 0.717) is 12.6 Å². The van der Waals surface area contributed by atoms with Crippen molar-refractivity contribution in [2.24, 2.45) is 0 Å². The van der Waals surface area contributed by atoms with Crippen LogP contribution in [0.3, 0.4) is 0 Å². The highest BCUT2D eigenvalue weighted by Crippen LogP contribution is 2.19. The van der Waals surface area contributed by atoms with Gasteiger partial charge in [0.05, 0.1) is 13.2 Å². The Bertz CT molecular complexity index is 512. The molecule has 1 N–H and O–H groups in total. The Kier molecular flexibility index (Phi) is 6.16. The number of epoxide rings is 1. The van der Waals surface area contributed by atoms with Gasteiger partial charge in [0, 0.05) is 13.2 Å². The first-order valence-electron chi connectivity index (χ1n) is 7.78. The summed E-state index contributed by atoms with van der Waals surface area (Å²) in [6.07, 6.45) is 3.66. The van der Waals surface area contributed by atoms with Crippen LogP contribution in [0.25, 0.3) is 0 Å². The molecule has 0 aromatic heterocycles. The van der Waals surface area contributed by atoms with E-state index in [-0.39, 0.29) is 5.91 Å². The van der Waals surface area contributed by atoms with Gasteiger partial charge in [-0.2, -0.15) is 0 Å². The van der Waals surface area contributed by atoms with E-state index in [1.165, 1.54) is 22.8 Å². The Hall–Kier alpha value is -1.65. The van der Waals surface area contributed by atoms with Gasteiger partial charge in [0.15, 0.2) is 0 Å². The number of hydrogen-bond donors (Lipinski definition) is 1. The number of ether oxygens (including phenoxy) is 2. The van der Waals surface area contributed by atoms with Crippen LogP contribution in [0.1, 0.15) is 28.7 Å². The van der Waals surface area contributed by atoms with Crippen LogP contribution in [0.2, 0.25) is 0 Å². The minimum absolute atomic E-state index is 0.142. The van der Waals surface area contributed by atoms with Gasteiger partial charge in [-0.25, -0.2) is 0 Å². The maximum absolute atomic E-state index is 11.2. The monoisotopic (exact) mass is 303 g/mol. The van der Waals surface area contributed by atoms with Gasteiger partial charge >= 0.3 is 0 Å². The van der Waals surface area contributed by atoms with Crippen molar-refractivity contribution in [2.45, 2.75) is 39.3 Å². The molecule has 1 aliphatic rings. The zero-order valence-electron chi connectivity index (χ0n) is 13.5. The number of aryl methyl sites for hydroxylation is 2. The van der Waals surface area contributed by atoms with Crippen LogP contribution in [0, 0.1) is 13.8 Å². The lowest BCUT2D eigenvalue weighted by Crippen LogP contribution is -2.20. The van der Waals surface area contributed by atoms with Gasteiger partial charge in [-0.05, 0) is 55.0 Å². The first-order valence-corrected chi connectivity index (χ1v) is 7.78. The fraction of sp³-hybridized carbons (Fsp3) is 0.500. The molecule has 1 fully saturated rings. The van der Waals surface area contributed by atoms with Crippen LogP contribution in [-0.4, -0.2) is 31.8 Å². The second kappa shape index (κ2) is 8.11. The van der Waals surface area contributed by atoms with Crippen molar-refractivity contribution in [1.82, 2.24) is 5.32 Å². The lowest BCUT2D eigenvalue weighted by atomic mass is 9.96. The molecule has 1 aromatic rings.